The lowest BCUT2D eigenvalue weighted by atomic mass is 9.51. The number of aliphatic hydroxyl groups is 1. The number of hydrogen-bond acceptors (Lipinski definition) is 2. The summed E-state index contributed by atoms with van der Waals surface area (Å²) < 4.78 is 5.36. The van der Waals surface area contributed by atoms with Crippen molar-refractivity contribution in [1.29, 1.82) is 0 Å². The minimum atomic E-state index is 0.237. The molecule has 1 heterocycles. The molecular weight excluding hydrogens is 164 g/mol. The van der Waals surface area contributed by atoms with Gasteiger partial charge in [0.1, 0.15) is 0 Å². The molecule has 2 aliphatic rings. The molecule has 0 radical (unpaired) electrons. The van der Waals surface area contributed by atoms with Gasteiger partial charge in [-0.15, -0.1) is 0 Å². The van der Waals surface area contributed by atoms with E-state index in [0.29, 0.717) is 12.0 Å². The van der Waals surface area contributed by atoms with Crippen LogP contribution in [-0.4, -0.2) is 24.9 Å². The molecule has 0 aromatic rings. The van der Waals surface area contributed by atoms with Gasteiger partial charge in [0.15, 0.2) is 0 Å². The highest BCUT2D eigenvalue weighted by molar-refractivity contribution is 5.05. The van der Waals surface area contributed by atoms with Gasteiger partial charge in [-0.05, 0) is 19.3 Å². The summed E-state index contributed by atoms with van der Waals surface area (Å²) in [5, 5.41) is 9.51. The monoisotopic (exact) mass is 184 g/mol. The molecule has 0 atom stereocenters. The van der Waals surface area contributed by atoms with Gasteiger partial charge in [0.2, 0.25) is 0 Å². The van der Waals surface area contributed by atoms with E-state index in [1.807, 2.05) is 0 Å². The second kappa shape index (κ2) is 3.25. The highest BCUT2D eigenvalue weighted by Gasteiger charge is 2.57. The van der Waals surface area contributed by atoms with Crippen LogP contribution >= 0.6 is 0 Å². The molecule has 76 valence electrons. The largest absolute Gasteiger partial charge is 0.396 e. The lowest BCUT2D eigenvalue weighted by Crippen LogP contribution is -2.59. The van der Waals surface area contributed by atoms with Crippen molar-refractivity contribution < 1.29 is 9.84 Å². The Balaban J connectivity index is 2.09. The molecule has 13 heavy (non-hydrogen) atoms. The van der Waals surface area contributed by atoms with Crippen molar-refractivity contribution in [3.05, 3.63) is 0 Å². The first-order chi connectivity index (χ1) is 6.29. The predicted molar refractivity (Wildman–Crippen MR) is 51.5 cm³/mol. The zero-order valence-electron chi connectivity index (χ0n) is 8.51. The molecule has 0 amide bonds. The standard InChI is InChI=1S/C11H20O2/c1-2-4-11(8-13-9-11)10(7-12)5-3-6-10/h12H,2-9H2,1H3. The lowest BCUT2D eigenvalue weighted by Gasteiger charge is -2.59. The summed E-state index contributed by atoms with van der Waals surface area (Å²) in [5.41, 5.74) is 0.579. The molecule has 0 unspecified atom stereocenters. The Hall–Kier alpha value is -0.0800. The maximum Gasteiger partial charge on any atom is 0.0551 e. The minimum absolute atomic E-state index is 0.237. The van der Waals surface area contributed by atoms with Crippen molar-refractivity contribution in [2.45, 2.75) is 39.0 Å². The topological polar surface area (TPSA) is 29.5 Å². The van der Waals surface area contributed by atoms with Crippen LogP contribution in [0, 0.1) is 10.8 Å². The maximum atomic E-state index is 9.51. The van der Waals surface area contributed by atoms with E-state index in [9.17, 15) is 5.11 Å². The normalized spacial score (nSPS) is 29.1. The van der Waals surface area contributed by atoms with Crippen LogP contribution in [0.4, 0.5) is 0 Å². The summed E-state index contributed by atoms with van der Waals surface area (Å²) in [7, 11) is 0. The molecule has 2 rings (SSSR count). The van der Waals surface area contributed by atoms with E-state index < -0.39 is 0 Å². The first-order valence-corrected chi connectivity index (χ1v) is 5.47. The van der Waals surface area contributed by atoms with E-state index in [0.717, 1.165) is 13.2 Å². The first-order valence-electron chi connectivity index (χ1n) is 5.47. The van der Waals surface area contributed by atoms with E-state index in [4.69, 9.17) is 4.74 Å². The van der Waals surface area contributed by atoms with Gasteiger partial charge in [-0.2, -0.15) is 0 Å². The Bertz CT molecular complexity index is 175. The molecule has 2 nitrogen and oxygen atoms in total. The van der Waals surface area contributed by atoms with Crippen molar-refractivity contribution in [1.82, 2.24) is 0 Å². The maximum absolute atomic E-state index is 9.51. The van der Waals surface area contributed by atoms with E-state index in [-0.39, 0.29) is 5.41 Å². The molecule has 0 aromatic heterocycles. The van der Waals surface area contributed by atoms with Gasteiger partial charge in [-0.3, -0.25) is 0 Å². The van der Waals surface area contributed by atoms with Gasteiger partial charge >= 0.3 is 0 Å². The molecule has 0 bridgehead atoms. The number of rotatable bonds is 4. The van der Waals surface area contributed by atoms with Gasteiger partial charge < -0.3 is 9.84 Å². The van der Waals surface area contributed by atoms with Crippen LogP contribution in [0.3, 0.4) is 0 Å². The number of hydrogen-bond donors (Lipinski definition) is 1. The minimum Gasteiger partial charge on any atom is -0.396 e. The highest BCUT2D eigenvalue weighted by Crippen LogP contribution is 2.59. The quantitative estimate of drug-likeness (QED) is 0.723. The second-order valence-electron chi connectivity index (χ2n) is 4.82. The average molecular weight is 184 g/mol. The smallest absolute Gasteiger partial charge is 0.0551 e. The molecule has 1 aliphatic heterocycles. The summed E-state index contributed by atoms with van der Waals surface area (Å²) in [6.45, 7) is 4.38. The molecule has 1 saturated heterocycles. The zero-order valence-corrected chi connectivity index (χ0v) is 8.51. The predicted octanol–water partition coefficient (Wildman–Crippen LogP) is 1.97. The van der Waals surface area contributed by atoms with E-state index in [2.05, 4.69) is 6.92 Å². The molecule has 2 heteroatoms. The van der Waals surface area contributed by atoms with Gasteiger partial charge in [-0.1, -0.05) is 19.8 Å². The third-order valence-electron chi connectivity index (χ3n) is 4.22. The van der Waals surface area contributed by atoms with Gasteiger partial charge in [-0.25, -0.2) is 0 Å². The van der Waals surface area contributed by atoms with Gasteiger partial charge in [0.05, 0.1) is 13.2 Å². The Morgan fingerprint density at radius 1 is 1.23 bits per heavy atom. The summed E-state index contributed by atoms with van der Waals surface area (Å²) in [6, 6.07) is 0. The van der Waals surface area contributed by atoms with E-state index in [1.54, 1.807) is 0 Å². The van der Waals surface area contributed by atoms with Crippen molar-refractivity contribution in [2.75, 3.05) is 19.8 Å². The fourth-order valence-corrected chi connectivity index (χ4v) is 3.00. The van der Waals surface area contributed by atoms with Crippen molar-refractivity contribution in [3.63, 3.8) is 0 Å². The Morgan fingerprint density at radius 2 is 1.92 bits per heavy atom. The molecule has 1 aliphatic carbocycles. The Morgan fingerprint density at radius 3 is 2.15 bits per heavy atom. The molecule has 0 spiro atoms. The summed E-state index contributed by atoms with van der Waals surface area (Å²) in [4.78, 5) is 0. The van der Waals surface area contributed by atoms with Gasteiger partial charge in [0, 0.05) is 17.4 Å². The molecular formula is C11H20O2. The SMILES string of the molecule is CCCC1(C2(CO)CCC2)COC1. The van der Waals surface area contributed by atoms with Crippen LogP contribution in [-0.2, 0) is 4.74 Å². The fourth-order valence-electron chi connectivity index (χ4n) is 3.00. The van der Waals surface area contributed by atoms with E-state index >= 15 is 0 Å². The van der Waals surface area contributed by atoms with Crippen molar-refractivity contribution >= 4 is 0 Å². The Labute approximate surface area is 80.3 Å². The van der Waals surface area contributed by atoms with E-state index in [1.165, 1.54) is 32.1 Å². The zero-order chi connectivity index (χ0) is 9.36. The second-order valence-corrected chi connectivity index (χ2v) is 4.82. The first kappa shape index (κ1) is 9.47. The van der Waals surface area contributed by atoms with Crippen LogP contribution in [0.15, 0.2) is 0 Å². The van der Waals surface area contributed by atoms with Crippen molar-refractivity contribution in [2.24, 2.45) is 10.8 Å². The fraction of sp³-hybridized carbons (Fsp3) is 1.00. The van der Waals surface area contributed by atoms with Crippen LogP contribution in [0.5, 0.6) is 0 Å². The lowest BCUT2D eigenvalue weighted by molar-refractivity contribution is -0.227. The molecule has 1 saturated carbocycles. The van der Waals surface area contributed by atoms with Crippen LogP contribution < -0.4 is 0 Å². The van der Waals surface area contributed by atoms with Crippen LogP contribution in [0.1, 0.15) is 39.0 Å². The number of aliphatic hydroxyl groups excluding tert-OH is 1. The summed E-state index contributed by atoms with van der Waals surface area (Å²) >= 11 is 0. The molecule has 1 N–H and O–H groups in total. The molecule has 0 aromatic carbocycles. The van der Waals surface area contributed by atoms with Crippen molar-refractivity contribution in [3.8, 4) is 0 Å². The highest BCUT2D eigenvalue weighted by atomic mass is 16.5. The third-order valence-corrected chi connectivity index (χ3v) is 4.22. The Kier molecular flexibility index (Phi) is 2.37. The van der Waals surface area contributed by atoms with Gasteiger partial charge in [0.25, 0.3) is 0 Å². The number of ether oxygens (including phenoxy) is 1. The van der Waals surface area contributed by atoms with Crippen LogP contribution in [0.2, 0.25) is 0 Å². The summed E-state index contributed by atoms with van der Waals surface area (Å²) in [6.07, 6.45) is 6.17. The molecule has 2 fully saturated rings. The third kappa shape index (κ3) is 1.15. The average Bonchev–Trinajstić information content (AvgIpc) is 1.98. The van der Waals surface area contributed by atoms with Crippen LogP contribution in [0.25, 0.3) is 0 Å². The summed E-state index contributed by atoms with van der Waals surface area (Å²) in [5.74, 6) is 0.